The van der Waals surface area contributed by atoms with E-state index >= 15 is 0 Å². The van der Waals surface area contributed by atoms with Gasteiger partial charge in [-0.25, -0.2) is 4.98 Å². The van der Waals surface area contributed by atoms with Crippen molar-refractivity contribution >= 4 is 23.4 Å². The molecule has 0 radical (unpaired) electrons. The lowest BCUT2D eigenvalue weighted by Crippen LogP contribution is -2.12. The summed E-state index contributed by atoms with van der Waals surface area (Å²) < 4.78 is 3.04. The Labute approximate surface area is 106 Å². The summed E-state index contributed by atoms with van der Waals surface area (Å²) in [6, 6.07) is 2.64. The zero-order valence-electron chi connectivity index (χ0n) is 10.2. The number of nitrogens with zero attached hydrogens (tertiary/aromatic N) is 2. The quantitative estimate of drug-likeness (QED) is 0.778. The molecule has 2 atom stereocenters. The van der Waals surface area contributed by atoms with E-state index in [4.69, 9.17) is 12.2 Å². The van der Waals surface area contributed by atoms with E-state index in [0.29, 0.717) is 12.0 Å². The fourth-order valence-electron chi connectivity index (χ4n) is 2.93. The van der Waals surface area contributed by atoms with Crippen molar-refractivity contribution in [2.45, 2.75) is 39.2 Å². The van der Waals surface area contributed by atoms with Crippen LogP contribution in [0, 0.1) is 17.6 Å². The molecule has 0 amide bonds. The summed E-state index contributed by atoms with van der Waals surface area (Å²) in [4.78, 5) is 7.83. The van der Waals surface area contributed by atoms with E-state index in [1.165, 1.54) is 24.8 Å². The topological polar surface area (TPSA) is 33.6 Å². The number of rotatable bonds is 1. The normalized spacial score (nSPS) is 24.6. The summed E-state index contributed by atoms with van der Waals surface area (Å²) in [5, 5.41) is 0. The number of pyridine rings is 1. The van der Waals surface area contributed by atoms with Crippen LogP contribution in [0.15, 0.2) is 12.3 Å². The molecule has 2 aromatic rings. The summed E-state index contributed by atoms with van der Waals surface area (Å²) in [6.07, 6.45) is 5.73. The second kappa shape index (κ2) is 3.95. The molecule has 0 aromatic carbocycles. The molecule has 2 heterocycles. The van der Waals surface area contributed by atoms with Gasteiger partial charge in [-0.15, -0.1) is 0 Å². The van der Waals surface area contributed by atoms with E-state index in [2.05, 4.69) is 34.4 Å². The van der Waals surface area contributed by atoms with E-state index in [9.17, 15) is 0 Å². The lowest BCUT2D eigenvalue weighted by atomic mass is 10.1. The first-order chi connectivity index (χ1) is 8.16. The van der Waals surface area contributed by atoms with Crippen LogP contribution >= 0.6 is 12.2 Å². The van der Waals surface area contributed by atoms with Crippen molar-refractivity contribution < 1.29 is 0 Å². The molecule has 0 saturated heterocycles. The van der Waals surface area contributed by atoms with Crippen molar-refractivity contribution in [3.8, 4) is 0 Å². The highest BCUT2D eigenvalue weighted by Gasteiger charge is 2.27. The van der Waals surface area contributed by atoms with Gasteiger partial charge in [-0.1, -0.05) is 13.3 Å². The minimum atomic E-state index is 0.520. The van der Waals surface area contributed by atoms with Crippen LogP contribution in [0.2, 0.25) is 0 Å². The minimum absolute atomic E-state index is 0.520. The Hall–Kier alpha value is -1.16. The number of imidazole rings is 1. The largest absolute Gasteiger partial charge is 0.329 e. The highest BCUT2D eigenvalue weighted by atomic mass is 32.1. The number of hydrogen-bond acceptors (Lipinski definition) is 2. The molecule has 3 rings (SSSR count). The highest BCUT2D eigenvalue weighted by Crippen LogP contribution is 2.37. The van der Waals surface area contributed by atoms with Crippen LogP contribution in [-0.2, 0) is 0 Å². The molecule has 2 aromatic heterocycles. The molecular weight excluding hydrogens is 230 g/mol. The molecule has 90 valence electrons. The fraction of sp³-hybridized carbons (Fsp3) is 0.538. The van der Waals surface area contributed by atoms with E-state index in [0.717, 1.165) is 15.9 Å². The van der Waals surface area contributed by atoms with Crippen LogP contribution in [0.4, 0.5) is 0 Å². The van der Waals surface area contributed by atoms with Gasteiger partial charge >= 0.3 is 0 Å². The molecule has 17 heavy (non-hydrogen) atoms. The maximum Gasteiger partial charge on any atom is 0.179 e. The SMILES string of the molecule is Cc1cnc2c(c1)[nH]c(=S)n2C1CCCC1C. The fourth-order valence-corrected chi connectivity index (χ4v) is 3.27. The Balaban J connectivity index is 2.22. The maximum absolute atomic E-state index is 5.45. The molecule has 1 saturated carbocycles. The zero-order valence-corrected chi connectivity index (χ0v) is 11.0. The van der Waals surface area contributed by atoms with Gasteiger partial charge in [0.25, 0.3) is 0 Å². The van der Waals surface area contributed by atoms with E-state index in [1.807, 2.05) is 6.20 Å². The van der Waals surface area contributed by atoms with Crippen molar-refractivity contribution in [2.24, 2.45) is 5.92 Å². The number of H-pyrrole nitrogens is 1. The van der Waals surface area contributed by atoms with Gasteiger partial charge in [0.15, 0.2) is 10.4 Å². The zero-order chi connectivity index (χ0) is 12.0. The van der Waals surface area contributed by atoms with Crippen molar-refractivity contribution in [2.75, 3.05) is 0 Å². The summed E-state index contributed by atoms with van der Waals surface area (Å²) in [5.41, 5.74) is 3.24. The van der Waals surface area contributed by atoms with E-state index in [1.54, 1.807) is 0 Å². The molecular formula is C13H17N3S. The summed E-state index contributed by atoms with van der Waals surface area (Å²) >= 11 is 5.45. The van der Waals surface area contributed by atoms with E-state index in [-0.39, 0.29) is 0 Å². The Kier molecular flexibility index (Phi) is 2.54. The Bertz CT molecular complexity index is 611. The Morgan fingerprint density at radius 2 is 2.29 bits per heavy atom. The first-order valence-corrected chi connectivity index (χ1v) is 6.64. The number of nitrogens with one attached hydrogen (secondary N) is 1. The Morgan fingerprint density at radius 3 is 3.00 bits per heavy atom. The Morgan fingerprint density at radius 1 is 1.47 bits per heavy atom. The smallest absolute Gasteiger partial charge is 0.179 e. The number of aromatic nitrogens is 3. The minimum Gasteiger partial charge on any atom is -0.329 e. The summed E-state index contributed by atoms with van der Waals surface area (Å²) in [6.45, 7) is 4.37. The summed E-state index contributed by atoms with van der Waals surface area (Å²) in [7, 11) is 0. The van der Waals surface area contributed by atoms with E-state index < -0.39 is 0 Å². The van der Waals surface area contributed by atoms with Crippen molar-refractivity contribution in [3.05, 3.63) is 22.6 Å². The van der Waals surface area contributed by atoms with Crippen molar-refractivity contribution in [3.63, 3.8) is 0 Å². The lowest BCUT2D eigenvalue weighted by Gasteiger charge is -2.17. The van der Waals surface area contributed by atoms with Crippen LogP contribution in [0.1, 0.15) is 37.8 Å². The first-order valence-electron chi connectivity index (χ1n) is 6.23. The number of aromatic amines is 1. The third kappa shape index (κ3) is 1.71. The van der Waals surface area contributed by atoms with Crippen LogP contribution in [0.25, 0.3) is 11.2 Å². The number of aryl methyl sites for hydroxylation is 1. The average Bonchev–Trinajstić information content (AvgIpc) is 2.80. The predicted molar refractivity (Wildman–Crippen MR) is 71.7 cm³/mol. The standard InChI is InChI=1S/C13H17N3S/c1-8-6-10-12(14-7-8)16(13(17)15-10)11-5-3-4-9(11)2/h6-7,9,11H,3-5H2,1-2H3,(H,15,17). The molecule has 1 aliphatic rings. The van der Waals surface area contributed by atoms with Crippen LogP contribution in [0.3, 0.4) is 0 Å². The lowest BCUT2D eigenvalue weighted by molar-refractivity contribution is 0.411. The van der Waals surface area contributed by atoms with Gasteiger partial charge in [-0.3, -0.25) is 4.57 Å². The number of fused-ring (bicyclic) bond motifs is 1. The molecule has 1 N–H and O–H groups in total. The highest BCUT2D eigenvalue weighted by molar-refractivity contribution is 7.71. The molecule has 3 nitrogen and oxygen atoms in total. The summed E-state index contributed by atoms with van der Waals surface area (Å²) in [5.74, 6) is 0.698. The number of hydrogen-bond donors (Lipinski definition) is 1. The monoisotopic (exact) mass is 247 g/mol. The third-order valence-corrected chi connectivity index (χ3v) is 4.14. The molecule has 0 spiro atoms. The first kappa shape index (κ1) is 11.0. The molecule has 0 aliphatic heterocycles. The molecule has 0 bridgehead atoms. The second-order valence-electron chi connectivity index (χ2n) is 5.16. The predicted octanol–water partition coefficient (Wildman–Crippen LogP) is 3.76. The molecule has 2 unspecified atom stereocenters. The van der Waals surface area contributed by atoms with Crippen LogP contribution in [0.5, 0.6) is 0 Å². The van der Waals surface area contributed by atoms with Crippen molar-refractivity contribution in [1.29, 1.82) is 0 Å². The molecule has 4 heteroatoms. The molecule has 1 fully saturated rings. The molecule has 1 aliphatic carbocycles. The van der Waals surface area contributed by atoms with Gasteiger partial charge in [0.1, 0.15) is 0 Å². The van der Waals surface area contributed by atoms with Gasteiger partial charge in [-0.05, 0) is 49.5 Å². The second-order valence-corrected chi connectivity index (χ2v) is 5.55. The average molecular weight is 247 g/mol. The van der Waals surface area contributed by atoms with Gasteiger partial charge in [0.05, 0.1) is 5.52 Å². The van der Waals surface area contributed by atoms with Crippen LogP contribution < -0.4 is 0 Å². The van der Waals surface area contributed by atoms with Gasteiger partial charge in [0, 0.05) is 12.2 Å². The van der Waals surface area contributed by atoms with Gasteiger partial charge in [-0.2, -0.15) is 0 Å². The van der Waals surface area contributed by atoms with Crippen LogP contribution in [-0.4, -0.2) is 14.5 Å². The van der Waals surface area contributed by atoms with Gasteiger partial charge in [0.2, 0.25) is 0 Å². The van der Waals surface area contributed by atoms with Gasteiger partial charge < -0.3 is 4.98 Å². The third-order valence-electron chi connectivity index (χ3n) is 3.84. The maximum atomic E-state index is 5.45. The van der Waals surface area contributed by atoms with Crippen molar-refractivity contribution in [1.82, 2.24) is 14.5 Å².